The number of carbonyl (C=O) groups is 2. The van der Waals surface area contributed by atoms with Crippen LogP contribution in [0.15, 0.2) is 0 Å². The van der Waals surface area contributed by atoms with Gasteiger partial charge in [0, 0.05) is 10.8 Å². The summed E-state index contributed by atoms with van der Waals surface area (Å²) >= 11 is 0. The number of hydrogen-bond acceptors (Lipinski definition) is 6. The molecule has 0 radical (unpaired) electrons. The average Bonchev–Trinajstić information content (AvgIpc) is 2.37. The first-order valence-corrected chi connectivity index (χ1v) is 5.87. The van der Waals surface area contributed by atoms with Crippen LogP contribution in [-0.4, -0.2) is 68.0 Å². The van der Waals surface area contributed by atoms with Crippen LogP contribution in [0, 0.1) is 10.8 Å². The van der Waals surface area contributed by atoms with Crippen molar-refractivity contribution in [1.82, 2.24) is 0 Å². The van der Waals surface area contributed by atoms with E-state index in [9.17, 15) is 9.59 Å². The average molecular weight is 296 g/mol. The van der Waals surface area contributed by atoms with Crippen LogP contribution >= 0.6 is 0 Å². The molecule has 0 aromatic carbocycles. The molecule has 0 rings (SSSR count). The van der Waals surface area contributed by atoms with Gasteiger partial charge in [-0.15, -0.1) is 0 Å². The molecule has 6 N–H and O–H groups in total. The number of carboxylic acids is 2. The summed E-state index contributed by atoms with van der Waals surface area (Å²) < 4.78 is 0. The minimum Gasteiger partial charge on any atom is -0.479 e. The van der Waals surface area contributed by atoms with E-state index in [1.165, 1.54) is 27.7 Å². The monoisotopic (exact) mass is 296 g/mol. The van der Waals surface area contributed by atoms with Gasteiger partial charge in [0.25, 0.3) is 0 Å². The van der Waals surface area contributed by atoms with E-state index in [4.69, 9.17) is 30.6 Å². The van der Waals surface area contributed by atoms with Crippen molar-refractivity contribution in [3.8, 4) is 0 Å². The summed E-state index contributed by atoms with van der Waals surface area (Å²) in [4.78, 5) is 20.3. The Morgan fingerprint density at radius 2 is 1.00 bits per heavy atom. The maximum Gasteiger partial charge on any atom is 0.333 e. The number of aliphatic hydroxyl groups excluding tert-OH is 4. The summed E-state index contributed by atoms with van der Waals surface area (Å²) in [7, 11) is 0. The highest BCUT2D eigenvalue weighted by atomic mass is 16.4. The molecule has 0 saturated heterocycles. The first-order valence-electron chi connectivity index (χ1n) is 5.87. The predicted octanol–water partition coefficient (Wildman–Crippen LogP) is -1.10. The summed E-state index contributed by atoms with van der Waals surface area (Å²) in [6, 6.07) is 0. The van der Waals surface area contributed by atoms with Gasteiger partial charge in [-0.05, 0) is 0 Å². The summed E-state index contributed by atoms with van der Waals surface area (Å²) in [6.07, 6.45) is -3.00. The number of aliphatic carboxylic acids is 2. The quantitative estimate of drug-likeness (QED) is 0.361. The summed E-state index contributed by atoms with van der Waals surface area (Å²) in [5.41, 5.74) is -1.93. The Bertz CT molecular complexity index is 291. The molecular weight excluding hydrogens is 272 g/mol. The number of aliphatic hydroxyl groups is 4. The molecule has 20 heavy (non-hydrogen) atoms. The van der Waals surface area contributed by atoms with E-state index in [1.807, 2.05) is 0 Å². The van der Waals surface area contributed by atoms with Gasteiger partial charge in [-0.25, -0.2) is 9.59 Å². The van der Waals surface area contributed by atoms with E-state index >= 15 is 0 Å². The lowest BCUT2D eigenvalue weighted by atomic mass is 9.88. The zero-order chi connectivity index (χ0) is 16.7. The molecule has 120 valence electrons. The standard InChI is InChI=1S/2C6H12O4/c2*1-6(2,3-7)4(8)5(9)10/h2*4,7-8H,3H2,1-2H3,(H,9,10)/t4-;/m0./s1. The van der Waals surface area contributed by atoms with Gasteiger partial charge in [0.15, 0.2) is 12.2 Å². The Morgan fingerprint density at radius 3 is 1.05 bits per heavy atom. The van der Waals surface area contributed by atoms with E-state index in [2.05, 4.69) is 0 Å². The first kappa shape index (κ1) is 21.1. The van der Waals surface area contributed by atoms with Crippen LogP contribution in [0.5, 0.6) is 0 Å². The molecule has 0 spiro atoms. The number of hydrogen-bond donors (Lipinski definition) is 6. The third-order valence-corrected chi connectivity index (χ3v) is 2.76. The smallest absolute Gasteiger partial charge is 0.333 e. The second-order valence-corrected chi connectivity index (χ2v) is 5.77. The van der Waals surface area contributed by atoms with Crippen LogP contribution in [0.25, 0.3) is 0 Å². The zero-order valence-corrected chi connectivity index (χ0v) is 12.1. The lowest BCUT2D eigenvalue weighted by molar-refractivity contribution is -0.155. The second kappa shape index (κ2) is 8.15. The van der Waals surface area contributed by atoms with Crippen LogP contribution in [0.1, 0.15) is 27.7 Å². The topological polar surface area (TPSA) is 156 Å². The molecule has 0 bridgehead atoms. The van der Waals surface area contributed by atoms with Crippen LogP contribution in [-0.2, 0) is 9.59 Å². The maximum atomic E-state index is 10.1. The van der Waals surface area contributed by atoms with Crippen LogP contribution in [0.3, 0.4) is 0 Å². The molecule has 0 fully saturated rings. The van der Waals surface area contributed by atoms with Gasteiger partial charge in [-0.3, -0.25) is 0 Å². The van der Waals surface area contributed by atoms with E-state index in [-0.39, 0.29) is 13.2 Å². The highest BCUT2D eigenvalue weighted by Crippen LogP contribution is 2.19. The molecule has 2 atom stereocenters. The predicted molar refractivity (Wildman–Crippen MR) is 69.0 cm³/mol. The minimum absolute atomic E-state index is 0.347. The molecule has 0 aromatic rings. The van der Waals surface area contributed by atoms with E-state index in [0.717, 1.165) is 0 Å². The van der Waals surface area contributed by atoms with Crippen molar-refractivity contribution in [3.63, 3.8) is 0 Å². The van der Waals surface area contributed by atoms with Gasteiger partial charge in [0.2, 0.25) is 0 Å². The maximum absolute atomic E-state index is 10.1. The van der Waals surface area contributed by atoms with Gasteiger partial charge >= 0.3 is 11.9 Å². The van der Waals surface area contributed by atoms with Crippen molar-refractivity contribution in [2.45, 2.75) is 39.9 Å². The van der Waals surface area contributed by atoms with Crippen molar-refractivity contribution in [1.29, 1.82) is 0 Å². The fraction of sp³-hybridized carbons (Fsp3) is 0.833. The molecule has 1 unspecified atom stereocenters. The van der Waals surface area contributed by atoms with Crippen molar-refractivity contribution >= 4 is 11.9 Å². The molecule has 0 heterocycles. The largest absolute Gasteiger partial charge is 0.479 e. The van der Waals surface area contributed by atoms with E-state index < -0.39 is 35.0 Å². The van der Waals surface area contributed by atoms with E-state index in [1.54, 1.807) is 0 Å². The Labute approximate surface area is 117 Å². The van der Waals surface area contributed by atoms with Crippen molar-refractivity contribution < 1.29 is 40.2 Å². The summed E-state index contributed by atoms with van der Waals surface area (Å²) in [5.74, 6) is -2.61. The Hall–Kier alpha value is -1.22. The van der Waals surface area contributed by atoms with Gasteiger partial charge < -0.3 is 30.6 Å². The lowest BCUT2D eigenvalue weighted by Crippen LogP contribution is -2.38. The van der Waals surface area contributed by atoms with Crippen LogP contribution in [0.2, 0.25) is 0 Å². The first-order chi connectivity index (χ1) is 8.83. The molecule has 8 nitrogen and oxygen atoms in total. The molecule has 0 aliphatic carbocycles. The zero-order valence-electron chi connectivity index (χ0n) is 12.1. The van der Waals surface area contributed by atoms with E-state index in [0.29, 0.717) is 0 Å². The Morgan fingerprint density at radius 1 is 0.800 bits per heavy atom. The Balaban J connectivity index is 0. The fourth-order valence-electron chi connectivity index (χ4n) is 0.841. The minimum atomic E-state index is -1.50. The number of rotatable bonds is 6. The number of carboxylic acid groups (broad SMARTS) is 2. The molecular formula is C12H24O8. The normalized spacial score (nSPS) is 14.8. The van der Waals surface area contributed by atoms with Gasteiger partial charge in [0.05, 0.1) is 13.2 Å². The second-order valence-electron chi connectivity index (χ2n) is 5.77. The fourth-order valence-corrected chi connectivity index (χ4v) is 0.841. The van der Waals surface area contributed by atoms with Crippen LogP contribution < -0.4 is 0 Å². The molecule has 0 amide bonds. The molecule has 0 aromatic heterocycles. The molecule has 0 saturated carbocycles. The third kappa shape index (κ3) is 6.80. The molecule has 0 aliphatic heterocycles. The third-order valence-electron chi connectivity index (χ3n) is 2.76. The lowest BCUT2D eigenvalue weighted by Gasteiger charge is -2.24. The SMILES string of the molecule is CC(C)(CO)C(O)C(=O)O.CC(C)(CO)[C@@H](O)C(=O)O. The van der Waals surface area contributed by atoms with Crippen molar-refractivity contribution in [3.05, 3.63) is 0 Å². The Kier molecular flexibility index (Phi) is 8.60. The van der Waals surface area contributed by atoms with Gasteiger partial charge in [-0.2, -0.15) is 0 Å². The van der Waals surface area contributed by atoms with Gasteiger partial charge in [0.1, 0.15) is 0 Å². The summed E-state index contributed by atoms with van der Waals surface area (Å²) in [5, 5.41) is 51.5. The molecule has 8 heteroatoms. The highest BCUT2D eigenvalue weighted by molar-refractivity contribution is 5.73. The van der Waals surface area contributed by atoms with Gasteiger partial charge in [-0.1, -0.05) is 27.7 Å². The summed E-state index contributed by atoms with van der Waals surface area (Å²) in [6.45, 7) is 5.22. The highest BCUT2D eigenvalue weighted by Gasteiger charge is 2.33. The molecule has 0 aliphatic rings. The van der Waals surface area contributed by atoms with Crippen LogP contribution in [0.4, 0.5) is 0 Å². The van der Waals surface area contributed by atoms with Crippen molar-refractivity contribution in [2.75, 3.05) is 13.2 Å². The van der Waals surface area contributed by atoms with Crippen molar-refractivity contribution in [2.24, 2.45) is 10.8 Å².